The van der Waals surface area contributed by atoms with Crippen molar-refractivity contribution in [3.05, 3.63) is 36.0 Å². The fraction of sp³-hybridized carbons (Fsp3) is 0.500. The molecule has 0 unspecified atom stereocenters. The van der Waals surface area contributed by atoms with Gasteiger partial charge in [-0.05, 0) is 36.4 Å². The first-order valence-electron chi connectivity index (χ1n) is 7.14. The lowest BCUT2D eigenvalue weighted by molar-refractivity contribution is 0.642. The number of hydrogen-bond donors (Lipinski definition) is 1. The Kier molecular flexibility index (Phi) is 4.82. The van der Waals surface area contributed by atoms with Crippen molar-refractivity contribution in [1.82, 2.24) is 9.88 Å². The van der Waals surface area contributed by atoms with E-state index in [2.05, 4.69) is 54.2 Å². The van der Waals surface area contributed by atoms with Crippen molar-refractivity contribution in [2.45, 2.75) is 46.2 Å². The Morgan fingerprint density at radius 3 is 2.78 bits per heavy atom. The number of nitrogens with zero attached hydrogens (tertiary/aromatic N) is 1. The SMILES string of the molecule is CCCCn1ccc2cccc(CNCCC)c21. The first-order valence-corrected chi connectivity index (χ1v) is 7.14. The molecule has 0 aliphatic rings. The van der Waals surface area contributed by atoms with Crippen molar-refractivity contribution in [3.8, 4) is 0 Å². The van der Waals surface area contributed by atoms with Crippen LogP contribution < -0.4 is 5.32 Å². The molecule has 0 bridgehead atoms. The average molecular weight is 244 g/mol. The second kappa shape index (κ2) is 6.60. The first-order chi connectivity index (χ1) is 8.86. The van der Waals surface area contributed by atoms with Gasteiger partial charge < -0.3 is 9.88 Å². The Bertz CT molecular complexity index is 485. The summed E-state index contributed by atoms with van der Waals surface area (Å²) < 4.78 is 2.40. The molecule has 1 N–H and O–H groups in total. The maximum atomic E-state index is 3.50. The zero-order chi connectivity index (χ0) is 12.8. The van der Waals surface area contributed by atoms with Gasteiger partial charge in [-0.15, -0.1) is 0 Å². The number of aromatic nitrogens is 1. The Balaban J connectivity index is 2.24. The summed E-state index contributed by atoms with van der Waals surface area (Å²) >= 11 is 0. The van der Waals surface area contributed by atoms with Gasteiger partial charge in [0.2, 0.25) is 0 Å². The monoisotopic (exact) mass is 244 g/mol. The molecule has 0 radical (unpaired) electrons. The van der Waals surface area contributed by atoms with E-state index in [1.807, 2.05) is 0 Å². The number of rotatable bonds is 7. The van der Waals surface area contributed by atoms with E-state index in [0.717, 1.165) is 19.6 Å². The van der Waals surface area contributed by atoms with Gasteiger partial charge in [0.05, 0.1) is 5.52 Å². The predicted octanol–water partition coefficient (Wildman–Crippen LogP) is 3.94. The Morgan fingerprint density at radius 2 is 2.00 bits per heavy atom. The molecule has 1 aromatic carbocycles. The average Bonchev–Trinajstić information content (AvgIpc) is 2.81. The van der Waals surface area contributed by atoms with E-state index in [0.29, 0.717) is 0 Å². The van der Waals surface area contributed by atoms with Gasteiger partial charge >= 0.3 is 0 Å². The summed E-state index contributed by atoms with van der Waals surface area (Å²) in [6.07, 6.45) is 5.91. The van der Waals surface area contributed by atoms with Crippen molar-refractivity contribution >= 4 is 10.9 Å². The third-order valence-corrected chi connectivity index (χ3v) is 3.37. The molecule has 0 aliphatic carbocycles. The number of unbranched alkanes of at least 4 members (excludes halogenated alkanes) is 1. The predicted molar refractivity (Wildman–Crippen MR) is 78.8 cm³/mol. The molecule has 0 spiro atoms. The number of benzene rings is 1. The summed E-state index contributed by atoms with van der Waals surface area (Å²) in [7, 11) is 0. The van der Waals surface area contributed by atoms with Crippen LogP contribution in [0.2, 0.25) is 0 Å². The van der Waals surface area contributed by atoms with Gasteiger partial charge in [0.1, 0.15) is 0 Å². The molecule has 1 aromatic heterocycles. The molecular weight excluding hydrogens is 220 g/mol. The second-order valence-electron chi connectivity index (χ2n) is 4.89. The smallest absolute Gasteiger partial charge is 0.0525 e. The van der Waals surface area contributed by atoms with Gasteiger partial charge in [0, 0.05) is 19.3 Å². The molecule has 1 heterocycles. The first kappa shape index (κ1) is 13.2. The second-order valence-corrected chi connectivity index (χ2v) is 4.89. The van der Waals surface area contributed by atoms with Crippen LogP contribution >= 0.6 is 0 Å². The fourth-order valence-corrected chi connectivity index (χ4v) is 2.40. The highest BCUT2D eigenvalue weighted by molar-refractivity contribution is 5.83. The highest BCUT2D eigenvalue weighted by Crippen LogP contribution is 2.21. The maximum absolute atomic E-state index is 3.50. The topological polar surface area (TPSA) is 17.0 Å². The molecular formula is C16H24N2. The van der Waals surface area contributed by atoms with Crippen molar-refractivity contribution in [2.75, 3.05) is 6.54 Å². The lowest BCUT2D eigenvalue weighted by atomic mass is 10.1. The van der Waals surface area contributed by atoms with Gasteiger partial charge in [-0.1, -0.05) is 38.5 Å². The molecule has 2 nitrogen and oxygen atoms in total. The van der Waals surface area contributed by atoms with Crippen molar-refractivity contribution < 1.29 is 0 Å². The van der Waals surface area contributed by atoms with Crippen LogP contribution in [0.5, 0.6) is 0 Å². The van der Waals surface area contributed by atoms with E-state index >= 15 is 0 Å². The van der Waals surface area contributed by atoms with Crippen LogP contribution in [-0.4, -0.2) is 11.1 Å². The van der Waals surface area contributed by atoms with E-state index in [-0.39, 0.29) is 0 Å². The summed E-state index contributed by atoms with van der Waals surface area (Å²) in [5.74, 6) is 0. The minimum atomic E-state index is 0.974. The molecule has 0 aliphatic heterocycles. The van der Waals surface area contributed by atoms with Crippen LogP contribution in [0.15, 0.2) is 30.5 Å². The van der Waals surface area contributed by atoms with Crippen LogP contribution in [0, 0.1) is 0 Å². The van der Waals surface area contributed by atoms with Crippen LogP contribution in [-0.2, 0) is 13.1 Å². The molecule has 2 rings (SSSR count). The molecule has 98 valence electrons. The van der Waals surface area contributed by atoms with Crippen LogP contribution in [0.1, 0.15) is 38.7 Å². The Labute approximate surface area is 110 Å². The molecule has 0 amide bonds. The van der Waals surface area contributed by atoms with E-state index in [1.54, 1.807) is 0 Å². The zero-order valence-corrected chi connectivity index (χ0v) is 11.6. The van der Waals surface area contributed by atoms with Gasteiger partial charge in [-0.2, -0.15) is 0 Å². The maximum Gasteiger partial charge on any atom is 0.0525 e. The Hall–Kier alpha value is -1.28. The van der Waals surface area contributed by atoms with E-state index in [9.17, 15) is 0 Å². The van der Waals surface area contributed by atoms with Crippen molar-refractivity contribution in [2.24, 2.45) is 0 Å². The minimum Gasteiger partial charge on any atom is -0.347 e. The highest BCUT2D eigenvalue weighted by Gasteiger charge is 2.05. The molecule has 2 aromatic rings. The number of hydrogen-bond acceptors (Lipinski definition) is 1. The van der Waals surface area contributed by atoms with Crippen LogP contribution in [0.3, 0.4) is 0 Å². The molecule has 0 saturated carbocycles. The third-order valence-electron chi connectivity index (χ3n) is 3.37. The van der Waals surface area contributed by atoms with Crippen molar-refractivity contribution in [3.63, 3.8) is 0 Å². The third kappa shape index (κ3) is 2.94. The summed E-state index contributed by atoms with van der Waals surface area (Å²) in [5.41, 5.74) is 2.83. The minimum absolute atomic E-state index is 0.974. The summed E-state index contributed by atoms with van der Waals surface area (Å²) in [6, 6.07) is 8.85. The molecule has 2 heteroatoms. The van der Waals surface area contributed by atoms with Crippen LogP contribution in [0.4, 0.5) is 0 Å². The molecule has 0 fully saturated rings. The van der Waals surface area contributed by atoms with Gasteiger partial charge in [-0.3, -0.25) is 0 Å². The number of fused-ring (bicyclic) bond motifs is 1. The highest BCUT2D eigenvalue weighted by atomic mass is 15.0. The number of para-hydroxylation sites is 1. The largest absolute Gasteiger partial charge is 0.347 e. The van der Waals surface area contributed by atoms with Gasteiger partial charge in [0.15, 0.2) is 0 Å². The zero-order valence-electron chi connectivity index (χ0n) is 11.6. The van der Waals surface area contributed by atoms with Crippen LogP contribution in [0.25, 0.3) is 10.9 Å². The van der Waals surface area contributed by atoms with Gasteiger partial charge in [0.25, 0.3) is 0 Å². The number of aryl methyl sites for hydroxylation is 1. The lowest BCUT2D eigenvalue weighted by Crippen LogP contribution is -2.14. The summed E-state index contributed by atoms with van der Waals surface area (Å²) in [5, 5.41) is 4.87. The quantitative estimate of drug-likeness (QED) is 0.730. The standard InChI is InChI=1S/C16H24N2/c1-3-5-11-18-12-9-14-7-6-8-15(16(14)18)13-17-10-4-2/h6-9,12,17H,3-5,10-11,13H2,1-2H3. The fourth-order valence-electron chi connectivity index (χ4n) is 2.40. The summed E-state index contributed by atoms with van der Waals surface area (Å²) in [6.45, 7) is 7.64. The molecule has 0 saturated heterocycles. The van der Waals surface area contributed by atoms with E-state index < -0.39 is 0 Å². The van der Waals surface area contributed by atoms with Crippen molar-refractivity contribution in [1.29, 1.82) is 0 Å². The molecule has 0 atom stereocenters. The molecule has 18 heavy (non-hydrogen) atoms. The van der Waals surface area contributed by atoms with E-state index in [1.165, 1.54) is 35.7 Å². The Morgan fingerprint density at radius 1 is 1.11 bits per heavy atom. The number of nitrogens with one attached hydrogen (secondary N) is 1. The van der Waals surface area contributed by atoms with Gasteiger partial charge in [-0.25, -0.2) is 0 Å². The normalized spacial score (nSPS) is 11.2. The lowest BCUT2D eigenvalue weighted by Gasteiger charge is -2.10. The summed E-state index contributed by atoms with van der Waals surface area (Å²) in [4.78, 5) is 0. The van der Waals surface area contributed by atoms with E-state index in [4.69, 9.17) is 0 Å².